The fourth-order valence-electron chi connectivity index (χ4n) is 11.0. The van der Waals surface area contributed by atoms with Gasteiger partial charge >= 0.3 is 5.97 Å². The van der Waals surface area contributed by atoms with E-state index in [4.69, 9.17) is 14.2 Å². The second kappa shape index (κ2) is 60.3. The molecule has 1 amide bonds. The molecule has 0 radical (unpaired) electrons. The van der Waals surface area contributed by atoms with Crippen LogP contribution in [-0.2, 0) is 23.8 Å². The van der Waals surface area contributed by atoms with Gasteiger partial charge in [-0.1, -0.05) is 287 Å². The average molecular weight is 1160 g/mol. The number of aliphatic hydroxyl groups excluding tert-OH is 5. The van der Waals surface area contributed by atoms with Crippen molar-refractivity contribution < 1.29 is 49.3 Å². The van der Waals surface area contributed by atoms with Crippen molar-refractivity contribution in [1.82, 2.24) is 5.32 Å². The lowest BCUT2D eigenvalue weighted by Gasteiger charge is -2.40. The second-order valence-corrected chi connectivity index (χ2v) is 24.2. The van der Waals surface area contributed by atoms with Gasteiger partial charge in [0.05, 0.1) is 32.0 Å². The van der Waals surface area contributed by atoms with Crippen LogP contribution in [0.15, 0.2) is 48.6 Å². The number of carbonyl (C=O) groups is 2. The van der Waals surface area contributed by atoms with Gasteiger partial charge in [0.2, 0.25) is 5.91 Å². The third-order valence-corrected chi connectivity index (χ3v) is 16.5. The van der Waals surface area contributed by atoms with Gasteiger partial charge in [0.15, 0.2) is 6.29 Å². The Morgan fingerprint density at radius 3 is 1.28 bits per heavy atom. The Morgan fingerprint density at radius 1 is 0.463 bits per heavy atom. The molecule has 82 heavy (non-hydrogen) atoms. The van der Waals surface area contributed by atoms with E-state index < -0.39 is 49.5 Å². The lowest BCUT2D eigenvalue weighted by Crippen LogP contribution is -2.60. The number of allylic oxidation sites excluding steroid dienone is 7. The molecule has 7 atom stereocenters. The Hall–Kier alpha value is -2.38. The normalized spacial score (nSPS) is 18.5. The molecule has 0 aliphatic carbocycles. The fraction of sp³-hybridized carbons (Fsp3) is 0.859. The fourth-order valence-corrected chi connectivity index (χ4v) is 11.0. The van der Waals surface area contributed by atoms with Crippen molar-refractivity contribution in [2.45, 2.75) is 371 Å². The quantitative estimate of drug-likeness (QED) is 0.0195. The van der Waals surface area contributed by atoms with E-state index in [0.29, 0.717) is 19.4 Å². The zero-order valence-electron chi connectivity index (χ0n) is 53.2. The lowest BCUT2D eigenvalue weighted by molar-refractivity contribution is -0.302. The third kappa shape index (κ3) is 48.8. The molecule has 1 fully saturated rings. The summed E-state index contributed by atoms with van der Waals surface area (Å²) in [6, 6.07) is -0.832. The number of amides is 1. The highest BCUT2D eigenvalue weighted by Gasteiger charge is 2.44. The monoisotopic (exact) mass is 1160 g/mol. The minimum atomic E-state index is -1.58. The van der Waals surface area contributed by atoms with Gasteiger partial charge in [-0.3, -0.25) is 9.59 Å². The van der Waals surface area contributed by atoms with Crippen LogP contribution in [0.2, 0.25) is 0 Å². The number of ether oxygens (including phenoxy) is 3. The van der Waals surface area contributed by atoms with Gasteiger partial charge in [0, 0.05) is 12.8 Å². The molecule has 1 heterocycles. The van der Waals surface area contributed by atoms with Gasteiger partial charge in [-0.2, -0.15) is 0 Å². The minimum Gasteiger partial charge on any atom is -0.466 e. The maximum absolute atomic E-state index is 13.0. The highest BCUT2D eigenvalue weighted by Crippen LogP contribution is 2.23. The number of carbonyl (C=O) groups excluding carboxylic acids is 2. The number of aliphatic hydroxyl groups is 5. The molecule has 1 aliphatic heterocycles. The Morgan fingerprint density at radius 2 is 0.841 bits per heavy atom. The first-order valence-electron chi connectivity index (χ1n) is 34.9. The van der Waals surface area contributed by atoms with E-state index in [-0.39, 0.29) is 18.5 Å². The summed E-state index contributed by atoms with van der Waals surface area (Å²) >= 11 is 0. The maximum atomic E-state index is 13.0. The van der Waals surface area contributed by atoms with Gasteiger partial charge in [0.25, 0.3) is 0 Å². The number of hydrogen-bond acceptors (Lipinski definition) is 10. The van der Waals surface area contributed by atoms with Crippen LogP contribution in [0.1, 0.15) is 328 Å². The van der Waals surface area contributed by atoms with Crippen molar-refractivity contribution in [3.05, 3.63) is 48.6 Å². The van der Waals surface area contributed by atoms with Crippen molar-refractivity contribution >= 4 is 11.9 Å². The molecule has 6 N–H and O–H groups in total. The molecule has 480 valence electrons. The molecule has 0 saturated carbocycles. The van der Waals surface area contributed by atoms with Crippen LogP contribution in [0.4, 0.5) is 0 Å². The summed E-state index contributed by atoms with van der Waals surface area (Å²) in [6.45, 7) is 4.12. The zero-order valence-corrected chi connectivity index (χ0v) is 53.2. The maximum Gasteiger partial charge on any atom is 0.305 e. The summed E-state index contributed by atoms with van der Waals surface area (Å²) in [4.78, 5) is 25.1. The smallest absolute Gasteiger partial charge is 0.305 e. The summed E-state index contributed by atoms with van der Waals surface area (Å²) in [5.74, 6) is -0.186. The molecule has 7 unspecified atom stereocenters. The molecule has 11 nitrogen and oxygen atoms in total. The van der Waals surface area contributed by atoms with Gasteiger partial charge in [-0.25, -0.2) is 0 Å². The van der Waals surface area contributed by atoms with E-state index in [0.717, 1.165) is 57.8 Å². The molecule has 1 aliphatic rings. The molecule has 11 heteroatoms. The summed E-state index contributed by atoms with van der Waals surface area (Å²) in [5, 5.41) is 54.2. The van der Waals surface area contributed by atoms with E-state index in [1.807, 2.05) is 19.1 Å². The Balaban J connectivity index is 1.91. The molecule has 0 spiro atoms. The van der Waals surface area contributed by atoms with Crippen LogP contribution >= 0.6 is 0 Å². The van der Waals surface area contributed by atoms with Crippen LogP contribution < -0.4 is 5.32 Å². The Labute approximate surface area is 504 Å². The molecule has 0 bridgehead atoms. The molecule has 1 saturated heterocycles. The minimum absolute atomic E-state index is 0.0113. The van der Waals surface area contributed by atoms with E-state index in [1.54, 1.807) is 6.08 Å². The molecule has 1 rings (SSSR count). The highest BCUT2D eigenvalue weighted by molar-refractivity contribution is 5.76. The van der Waals surface area contributed by atoms with Crippen LogP contribution in [0.3, 0.4) is 0 Å². The van der Waals surface area contributed by atoms with Crippen molar-refractivity contribution in [3.8, 4) is 0 Å². The van der Waals surface area contributed by atoms with E-state index in [1.165, 1.54) is 244 Å². The van der Waals surface area contributed by atoms with Gasteiger partial charge in [-0.05, 0) is 77.6 Å². The summed E-state index contributed by atoms with van der Waals surface area (Å²) in [6.07, 6.45) is 68.6. The van der Waals surface area contributed by atoms with E-state index >= 15 is 0 Å². The standard InChI is InChI=1S/C71H131NO10/c1-3-5-7-9-11-13-14-15-32-36-39-43-47-51-55-59-67(76)80-60-56-52-48-44-40-37-34-31-29-27-25-23-21-19-17-16-18-20-22-24-26-28-30-33-35-38-42-46-50-54-58-66(75)72-63(64(74)57-53-49-45-41-12-10-8-6-4-2)62-81-71-70(79)69(78)68(77)65(61-73)82-71/h4,6,12,17,19,41,53,57,63-65,68-71,73-74,77-79H,3,5,7-11,13-16,18,20-40,42-52,54-56,58-62H2,1-2H3,(H,72,75)/b6-4+,19-17-,41-12+,57-53+. The van der Waals surface area contributed by atoms with Crippen LogP contribution in [-0.4, -0.2) is 100 Å². The summed E-state index contributed by atoms with van der Waals surface area (Å²) in [7, 11) is 0. The van der Waals surface area contributed by atoms with Crippen molar-refractivity contribution in [2.24, 2.45) is 0 Å². The van der Waals surface area contributed by atoms with Crippen LogP contribution in [0.5, 0.6) is 0 Å². The van der Waals surface area contributed by atoms with Gasteiger partial charge in [0.1, 0.15) is 24.4 Å². The SMILES string of the molecule is C/C=C/CC/C=C/CC/C=C/C(O)C(COC1OC(CO)C(O)C(O)C1O)NC(=O)CCCCCCCCCCCCCCCC/C=C\CCCCCCCCCCCCCCOC(=O)CCCCCCCCCCCCCCCCC. The predicted octanol–water partition coefficient (Wildman–Crippen LogP) is 17.6. The molecule has 0 aromatic heterocycles. The molecular formula is C71H131NO10. The van der Waals surface area contributed by atoms with E-state index in [9.17, 15) is 35.1 Å². The average Bonchev–Trinajstić information content (AvgIpc) is 3.53. The second-order valence-electron chi connectivity index (χ2n) is 24.2. The third-order valence-electron chi connectivity index (χ3n) is 16.5. The topological polar surface area (TPSA) is 175 Å². The highest BCUT2D eigenvalue weighted by atomic mass is 16.7. The summed E-state index contributed by atoms with van der Waals surface area (Å²) in [5.41, 5.74) is 0. The molecule has 0 aromatic carbocycles. The number of hydrogen-bond donors (Lipinski definition) is 6. The number of esters is 1. The predicted molar refractivity (Wildman–Crippen MR) is 343 cm³/mol. The van der Waals surface area contributed by atoms with E-state index in [2.05, 4.69) is 42.6 Å². The van der Waals surface area contributed by atoms with Gasteiger partial charge in [-0.15, -0.1) is 0 Å². The first-order chi connectivity index (χ1) is 40.2. The molecular weight excluding hydrogens is 1030 g/mol. The Bertz CT molecular complexity index is 1500. The van der Waals surface area contributed by atoms with Crippen molar-refractivity contribution in [2.75, 3.05) is 19.8 Å². The van der Waals surface area contributed by atoms with Crippen molar-refractivity contribution in [1.29, 1.82) is 0 Å². The number of rotatable bonds is 61. The molecule has 0 aromatic rings. The summed E-state index contributed by atoms with van der Waals surface area (Å²) < 4.78 is 16.7. The van der Waals surface area contributed by atoms with Gasteiger partial charge < -0.3 is 45.1 Å². The first kappa shape index (κ1) is 77.6. The number of unbranched alkanes of at least 4 members (excludes halogenated alkanes) is 42. The first-order valence-corrected chi connectivity index (χ1v) is 34.9. The van der Waals surface area contributed by atoms with Crippen LogP contribution in [0.25, 0.3) is 0 Å². The Kier molecular flexibility index (Phi) is 57.1. The van der Waals surface area contributed by atoms with Crippen LogP contribution in [0, 0.1) is 0 Å². The lowest BCUT2D eigenvalue weighted by atomic mass is 9.99. The largest absolute Gasteiger partial charge is 0.466 e. The zero-order chi connectivity index (χ0) is 59.5. The number of nitrogens with one attached hydrogen (secondary N) is 1. The van der Waals surface area contributed by atoms with Crippen molar-refractivity contribution in [3.63, 3.8) is 0 Å².